The van der Waals surface area contributed by atoms with Crippen molar-refractivity contribution < 1.29 is 4.52 Å². The van der Waals surface area contributed by atoms with Crippen LogP contribution in [-0.2, 0) is 19.5 Å². The molecule has 0 saturated heterocycles. The molecule has 1 aliphatic heterocycles. The Kier molecular flexibility index (Phi) is 4.04. The third kappa shape index (κ3) is 3.18. The summed E-state index contributed by atoms with van der Waals surface area (Å²) in [5, 5.41) is 4.91. The molecule has 0 unspecified atom stereocenters. The molecule has 3 aromatic rings. The van der Waals surface area contributed by atoms with Gasteiger partial charge in [0, 0.05) is 60.2 Å². The lowest BCUT2D eigenvalue weighted by Gasteiger charge is -2.26. The van der Waals surface area contributed by atoms with Crippen LogP contribution >= 0.6 is 11.6 Å². The first-order valence-corrected chi connectivity index (χ1v) is 8.30. The van der Waals surface area contributed by atoms with E-state index in [0.29, 0.717) is 5.02 Å². The fourth-order valence-corrected chi connectivity index (χ4v) is 3.10. The molecular weight excluding hydrogens is 324 g/mol. The molecule has 3 heterocycles. The lowest BCUT2D eigenvalue weighted by molar-refractivity contribution is 0.235. The molecule has 0 aliphatic carbocycles. The Morgan fingerprint density at radius 3 is 2.92 bits per heavy atom. The molecule has 2 aromatic heterocycles. The molecule has 0 atom stereocenters. The summed E-state index contributed by atoms with van der Waals surface area (Å²) in [5.41, 5.74) is 4.27. The van der Waals surface area contributed by atoms with Gasteiger partial charge in [-0.15, -0.1) is 0 Å². The van der Waals surface area contributed by atoms with E-state index in [1.807, 2.05) is 43.5 Å². The summed E-state index contributed by atoms with van der Waals surface area (Å²) in [6, 6.07) is 9.56. The molecule has 0 bridgehead atoms. The standard InChI is InChI=1S/C18H17ClN4O/c1-12-20-9-14-10-23(7-6-17(14)21-12)11-16-8-18(24-22-16)13-2-4-15(19)5-3-13/h2-5,8-9H,6-7,10-11H2,1H3. The number of fused-ring (bicyclic) bond motifs is 1. The normalized spacial score (nSPS) is 14.6. The Bertz CT molecular complexity index is 860. The van der Waals surface area contributed by atoms with Crippen LogP contribution in [0.1, 0.15) is 22.8 Å². The monoisotopic (exact) mass is 340 g/mol. The molecule has 1 aromatic carbocycles. The predicted octanol–water partition coefficient (Wildman–Crippen LogP) is 3.65. The van der Waals surface area contributed by atoms with E-state index in [2.05, 4.69) is 20.0 Å². The van der Waals surface area contributed by atoms with Crippen LogP contribution in [0.4, 0.5) is 0 Å². The zero-order chi connectivity index (χ0) is 16.5. The highest BCUT2D eigenvalue weighted by Crippen LogP contribution is 2.24. The molecule has 24 heavy (non-hydrogen) atoms. The van der Waals surface area contributed by atoms with Crippen LogP contribution in [-0.4, -0.2) is 26.6 Å². The van der Waals surface area contributed by atoms with E-state index in [-0.39, 0.29) is 0 Å². The molecule has 1 aliphatic rings. The summed E-state index contributed by atoms with van der Waals surface area (Å²) >= 11 is 5.92. The number of aromatic nitrogens is 3. The Morgan fingerprint density at radius 2 is 2.08 bits per heavy atom. The zero-order valence-corrected chi connectivity index (χ0v) is 14.1. The van der Waals surface area contributed by atoms with Crippen molar-refractivity contribution in [3.63, 3.8) is 0 Å². The van der Waals surface area contributed by atoms with Crippen LogP contribution in [0.25, 0.3) is 11.3 Å². The minimum absolute atomic E-state index is 0.711. The smallest absolute Gasteiger partial charge is 0.167 e. The highest BCUT2D eigenvalue weighted by molar-refractivity contribution is 6.30. The summed E-state index contributed by atoms with van der Waals surface area (Å²) in [6.07, 6.45) is 2.88. The molecule has 5 nitrogen and oxygen atoms in total. The van der Waals surface area contributed by atoms with Gasteiger partial charge in [-0.3, -0.25) is 4.90 Å². The van der Waals surface area contributed by atoms with Gasteiger partial charge >= 0.3 is 0 Å². The predicted molar refractivity (Wildman–Crippen MR) is 91.5 cm³/mol. The molecule has 0 fully saturated rings. The summed E-state index contributed by atoms with van der Waals surface area (Å²) < 4.78 is 5.47. The molecule has 6 heteroatoms. The molecule has 0 saturated carbocycles. The first kappa shape index (κ1) is 15.3. The molecular formula is C18H17ClN4O. The van der Waals surface area contributed by atoms with Gasteiger partial charge in [-0.2, -0.15) is 0 Å². The lowest BCUT2D eigenvalue weighted by Crippen LogP contribution is -2.31. The van der Waals surface area contributed by atoms with Gasteiger partial charge in [0.2, 0.25) is 0 Å². The van der Waals surface area contributed by atoms with Crippen LogP contribution in [0.5, 0.6) is 0 Å². The number of rotatable bonds is 3. The summed E-state index contributed by atoms with van der Waals surface area (Å²) in [6.45, 7) is 4.50. The number of aryl methyl sites for hydroxylation is 1. The molecule has 0 N–H and O–H groups in total. The van der Waals surface area contributed by atoms with E-state index >= 15 is 0 Å². The molecule has 0 radical (unpaired) electrons. The molecule has 4 rings (SSSR count). The largest absolute Gasteiger partial charge is 0.356 e. The van der Waals surface area contributed by atoms with Crippen molar-refractivity contribution in [2.45, 2.75) is 26.4 Å². The van der Waals surface area contributed by atoms with Gasteiger partial charge < -0.3 is 4.52 Å². The fraction of sp³-hybridized carbons (Fsp3) is 0.278. The van der Waals surface area contributed by atoms with Crippen molar-refractivity contribution in [1.29, 1.82) is 0 Å². The lowest BCUT2D eigenvalue weighted by atomic mass is 10.1. The molecule has 122 valence electrons. The van der Waals surface area contributed by atoms with E-state index in [9.17, 15) is 0 Å². The fourth-order valence-electron chi connectivity index (χ4n) is 2.97. The van der Waals surface area contributed by atoms with E-state index in [1.54, 1.807) is 0 Å². The van der Waals surface area contributed by atoms with E-state index in [4.69, 9.17) is 16.1 Å². The number of benzene rings is 1. The number of hydrogen-bond donors (Lipinski definition) is 0. The molecule has 0 spiro atoms. The first-order valence-electron chi connectivity index (χ1n) is 7.93. The second-order valence-corrected chi connectivity index (χ2v) is 6.48. The van der Waals surface area contributed by atoms with Crippen LogP contribution < -0.4 is 0 Å². The average molecular weight is 341 g/mol. The highest BCUT2D eigenvalue weighted by atomic mass is 35.5. The van der Waals surface area contributed by atoms with Crippen molar-refractivity contribution in [2.24, 2.45) is 0 Å². The summed E-state index contributed by atoms with van der Waals surface area (Å²) in [5.74, 6) is 1.60. The van der Waals surface area contributed by atoms with Gasteiger partial charge in [-0.25, -0.2) is 9.97 Å². The highest BCUT2D eigenvalue weighted by Gasteiger charge is 2.19. The maximum absolute atomic E-state index is 5.92. The van der Waals surface area contributed by atoms with Crippen molar-refractivity contribution in [1.82, 2.24) is 20.0 Å². The topological polar surface area (TPSA) is 55.1 Å². The van der Waals surface area contributed by atoms with Gasteiger partial charge in [-0.05, 0) is 31.2 Å². The Labute approximate surface area is 145 Å². The van der Waals surface area contributed by atoms with E-state index in [0.717, 1.165) is 48.9 Å². The minimum atomic E-state index is 0.711. The number of halogens is 1. The quantitative estimate of drug-likeness (QED) is 0.728. The zero-order valence-electron chi connectivity index (χ0n) is 13.4. The van der Waals surface area contributed by atoms with Gasteiger partial charge in [0.15, 0.2) is 5.76 Å². The summed E-state index contributed by atoms with van der Waals surface area (Å²) in [4.78, 5) is 11.2. The van der Waals surface area contributed by atoms with Crippen LogP contribution in [0, 0.1) is 6.92 Å². The maximum atomic E-state index is 5.92. The maximum Gasteiger partial charge on any atom is 0.167 e. The van der Waals surface area contributed by atoms with E-state index < -0.39 is 0 Å². The third-order valence-electron chi connectivity index (χ3n) is 4.21. The average Bonchev–Trinajstić information content (AvgIpc) is 3.04. The Hall–Kier alpha value is -2.24. The van der Waals surface area contributed by atoms with Crippen molar-refractivity contribution >= 4 is 11.6 Å². The second-order valence-electron chi connectivity index (χ2n) is 6.04. The Morgan fingerprint density at radius 1 is 1.25 bits per heavy atom. The molecule has 0 amide bonds. The third-order valence-corrected chi connectivity index (χ3v) is 4.46. The van der Waals surface area contributed by atoms with Gasteiger partial charge in [0.1, 0.15) is 5.82 Å². The van der Waals surface area contributed by atoms with Gasteiger partial charge in [0.25, 0.3) is 0 Å². The van der Waals surface area contributed by atoms with Crippen molar-refractivity contribution in [3.05, 3.63) is 64.3 Å². The van der Waals surface area contributed by atoms with E-state index in [1.165, 1.54) is 11.3 Å². The van der Waals surface area contributed by atoms with Gasteiger partial charge in [0.05, 0.1) is 5.69 Å². The van der Waals surface area contributed by atoms with Crippen LogP contribution in [0.2, 0.25) is 5.02 Å². The Balaban J connectivity index is 1.47. The number of nitrogens with zero attached hydrogens (tertiary/aromatic N) is 4. The van der Waals surface area contributed by atoms with Crippen molar-refractivity contribution in [3.8, 4) is 11.3 Å². The first-order chi connectivity index (χ1) is 11.7. The SMILES string of the molecule is Cc1ncc2c(n1)CCN(Cc1cc(-c3ccc(Cl)cc3)on1)C2. The number of hydrogen-bond acceptors (Lipinski definition) is 5. The van der Waals surface area contributed by atoms with Crippen molar-refractivity contribution in [2.75, 3.05) is 6.54 Å². The van der Waals surface area contributed by atoms with Gasteiger partial charge in [-0.1, -0.05) is 16.8 Å². The van der Waals surface area contributed by atoms with Crippen LogP contribution in [0.3, 0.4) is 0 Å². The minimum Gasteiger partial charge on any atom is -0.356 e. The van der Waals surface area contributed by atoms with Crippen LogP contribution in [0.15, 0.2) is 41.1 Å². The second kappa shape index (κ2) is 6.34. The summed E-state index contributed by atoms with van der Waals surface area (Å²) in [7, 11) is 0.